The molecule has 30 heavy (non-hydrogen) atoms. The Bertz CT molecular complexity index is 813. The Kier molecular flexibility index (Phi) is 3.48. The Morgan fingerprint density at radius 2 is 1.17 bits per heavy atom. The zero-order valence-corrected chi connectivity index (χ0v) is 22.0. The van der Waals surface area contributed by atoms with Crippen LogP contribution in [-0.4, -0.2) is 0 Å². The van der Waals surface area contributed by atoms with Gasteiger partial charge in [0.15, 0.2) is 0 Å². The third kappa shape index (κ3) is 1.29. The van der Waals surface area contributed by atoms with Crippen molar-refractivity contribution >= 4 is 0 Å². The SMILES string of the molecule is CCC1CC(C)C(C)C2(C)C(CC)C3C4C5C6C1C(C)(CC)C6(C)C5(C)C4(C)C32C. The summed E-state index contributed by atoms with van der Waals surface area (Å²) < 4.78 is 0. The maximum absolute atomic E-state index is 2.81. The van der Waals surface area contributed by atoms with Crippen LogP contribution in [0.4, 0.5) is 0 Å². The zero-order valence-electron chi connectivity index (χ0n) is 22.0. The van der Waals surface area contributed by atoms with Gasteiger partial charge in [0.2, 0.25) is 0 Å². The molecule has 15 unspecified atom stereocenters. The summed E-state index contributed by atoms with van der Waals surface area (Å²) in [5.74, 6) is 8.79. The van der Waals surface area contributed by atoms with E-state index >= 15 is 0 Å². The molecule has 0 heterocycles. The maximum Gasteiger partial charge on any atom is -0.0167 e. The molecule has 8 fully saturated rings. The summed E-state index contributed by atoms with van der Waals surface area (Å²) >= 11 is 0. The van der Waals surface area contributed by atoms with E-state index in [1.807, 2.05) is 0 Å². The van der Waals surface area contributed by atoms with Crippen molar-refractivity contribution in [2.75, 3.05) is 0 Å². The van der Waals surface area contributed by atoms with Crippen molar-refractivity contribution in [2.24, 2.45) is 85.8 Å². The van der Waals surface area contributed by atoms with E-state index in [2.05, 4.69) is 76.2 Å². The first kappa shape index (κ1) is 20.6. The molecule has 170 valence electrons. The first-order chi connectivity index (χ1) is 13.9. The summed E-state index contributed by atoms with van der Waals surface area (Å²) in [5.41, 5.74) is 3.37. The highest BCUT2D eigenvalue weighted by molar-refractivity contribution is 5.49. The second kappa shape index (κ2) is 5.06. The van der Waals surface area contributed by atoms with E-state index in [0.717, 1.165) is 53.3 Å². The Morgan fingerprint density at radius 1 is 0.633 bits per heavy atom. The molecule has 0 heteroatoms. The van der Waals surface area contributed by atoms with E-state index in [1.165, 1.54) is 25.7 Å². The molecular formula is C30H50. The van der Waals surface area contributed by atoms with Crippen LogP contribution in [-0.2, 0) is 0 Å². The van der Waals surface area contributed by atoms with Crippen LogP contribution in [0.25, 0.3) is 0 Å². The second-order valence-corrected chi connectivity index (χ2v) is 14.7. The number of rotatable bonds is 3. The standard InChI is InChI=1S/C30H50/c1-12-18-15-16(4)17(5)26(7)19(13-2)21-23-24-22-20(18)25(6,14-3)27(22,8)29(24,10)30(23,11)28(21,26)9/h16-24H,12-15H2,1-11H3. The van der Waals surface area contributed by atoms with Gasteiger partial charge in [0.05, 0.1) is 0 Å². The summed E-state index contributed by atoms with van der Waals surface area (Å²) in [6.45, 7) is 29.6. The van der Waals surface area contributed by atoms with E-state index < -0.39 is 0 Å². The van der Waals surface area contributed by atoms with Gasteiger partial charge in [0, 0.05) is 0 Å². The fourth-order valence-corrected chi connectivity index (χ4v) is 14.6. The van der Waals surface area contributed by atoms with E-state index in [-0.39, 0.29) is 0 Å². The van der Waals surface area contributed by atoms with Crippen LogP contribution < -0.4 is 0 Å². The van der Waals surface area contributed by atoms with Gasteiger partial charge in [-0.2, -0.15) is 0 Å². The molecule has 8 saturated carbocycles. The van der Waals surface area contributed by atoms with Crippen LogP contribution in [0.1, 0.15) is 102 Å². The third-order valence-corrected chi connectivity index (χ3v) is 16.4. The summed E-state index contributed by atoms with van der Waals surface area (Å²) in [7, 11) is 0. The lowest BCUT2D eigenvalue weighted by atomic mass is 8.98. The Balaban J connectivity index is 1.59. The van der Waals surface area contributed by atoms with Crippen LogP contribution in [0.15, 0.2) is 0 Å². The molecule has 8 aliphatic rings. The van der Waals surface area contributed by atoms with E-state index in [0.29, 0.717) is 32.5 Å². The van der Waals surface area contributed by atoms with Gasteiger partial charge in [-0.3, -0.25) is 0 Å². The number of fused-ring (bicyclic) bond motifs is 1. The summed E-state index contributed by atoms with van der Waals surface area (Å²) in [6.07, 6.45) is 5.70. The monoisotopic (exact) mass is 410 g/mol. The smallest absolute Gasteiger partial charge is 0.0167 e. The van der Waals surface area contributed by atoms with Crippen molar-refractivity contribution in [2.45, 2.75) is 102 Å². The average molecular weight is 411 g/mol. The average Bonchev–Trinajstić information content (AvgIpc) is 2.75. The first-order valence-electron chi connectivity index (χ1n) is 13.9. The molecule has 0 aromatic rings. The molecule has 0 saturated heterocycles. The molecule has 0 aliphatic heterocycles. The van der Waals surface area contributed by atoms with Gasteiger partial charge >= 0.3 is 0 Å². The highest BCUT2D eigenvalue weighted by Crippen LogP contribution is 3.06. The zero-order chi connectivity index (χ0) is 22.0. The lowest BCUT2D eigenvalue weighted by molar-refractivity contribution is -0.593. The fraction of sp³-hybridized carbons (Fsp3) is 1.00. The van der Waals surface area contributed by atoms with Crippen molar-refractivity contribution in [3.05, 3.63) is 0 Å². The van der Waals surface area contributed by atoms with Gasteiger partial charge in [0.25, 0.3) is 0 Å². The van der Waals surface area contributed by atoms with Crippen molar-refractivity contribution in [1.82, 2.24) is 0 Å². The Morgan fingerprint density at radius 3 is 1.70 bits per heavy atom. The predicted octanol–water partition coefficient (Wildman–Crippen LogP) is 8.31. The fourth-order valence-electron chi connectivity index (χ4n) is 14.6. The van der Waals surface area contributed by atoms with Crippen LogP contribution in [0.2, 0.25) is 0 Å². The normalized spacial score (nSPS) is 73.9. The van der Waals surface area contributed by atoms with Crippen LogP contribution in [0, 0.1) is 85.8 Å². The van der Waals surface area contributed by atoms with Gasteiger partial charge in [-0.05, 0) is 98.6 Å². The van der Waals surface area contributed by atoms with Crippen LogP contribution >= 0.6 is 0 Å². The first-order valence-corrected chi connectivity index (χ1v) is 13.9. The molecule has 6 bridgehead atoms. The summed E-state index contributed by atoms with van der Waals surface area (Å²) in [6, 6.07) is 0. The molecule has 0 aromatic carbocycles. The Labute approximate surface area is 187 Å². The molecule has 8 rings (SSSR count). The number of hydrogen-bond acceptors (Lipinski definition) is 0. The molecule has 15 atom stereocenters. The van der Waals surface area contributed by atoms with Gasteiger partial charge < -0.3 is 0 Å². The second-order valence-electron chi connectivity index (χ2n) is 14.7. The highest BCUT2D eigenvalue weighted by atomic mass is 15.1. The summed E-state index contributed by atoms with van der Waals surface area (Å²) in [4.78, 5) is 0. The molecule has 0 radical (unpaired) electrons. The lowest BCUT2D eigenvalue weighted by Crippen LogP contribution is -3.02. The number of hydrogen-bond donors (Lipinski definition) is 0. The van der Waals surface area contributed by atoms with E-state index in [1.54, 1.807) is 0 Å². The van der Waals surface area contributed by atoms with Crippen LogP contribution in [0.5, 0.6) is 0 Å². The minimum Gasteiger partial charge on any atom is -0.0651 e. The molecule has 0 N–H and O–H groups in total. The van der Waals surface area contributed by atoms with Gasteiger partial charge in [-0.25, -0.2) is 0 Å². The molecule has 0 spiro atoms. The van der Waals surface area contributed by atoms with Crippen molar-refractivity contribution in [1.29, 1.82) is 0 Å². The lowest BCUT2D eigenvalue weighted by Gasteiger charge is -3.06. The molecule has 0 aromatic heterocycles. The van der Waals surface area contributed by atoms with E-state index in [4.69, 9.17) is 0 Å². The quantitative estimate of drug-likeness (QED) is 0.439. The van der Waals surface area contributed by atoms with Crippen molar-refractivity contribution < 1.29 is 0 Å². The van der Waals surface area contributed by atoms with Crippen molar-refractivity contribution in [3.8, 4) is 0 Å². The molecule has 0 amide bonds. The van der Waals surface area contributed by atoms with Gasteiger partial charge in [-0.1, -0.05) is 89.0 Å². The molecule has 0 nitrogen and oxygen atoms in total. The largest absolute Gasteiger partial charge is 0.0651 e. The minimum absolute atomic E-state index is 0.530. The van der Waals surface area contributed by atoms with Gasteiger partial charge in [-0.15, -0.1) is 0 Å². The van der Waals surface area contributed by atoms with Gasteiger partial charge in [0.1, 0.15) is 0 Å². The predicted molar refractivity (Wildman–Crippen MR) is 127 cm³/mol. The molecule has 8 aliphatic carbocycles. The highest BCUT2D eigenvalue weighted by Gasteiger charge is 3.03. The van der Waals surface area contributed by atoms with Crippen molar-refractivity contribution in [3.63, 3.8) is 0 Å². The van der Waals surface area contributed by atoms with Crippen LogP contribution in [0.3, 0.4) is 0 Å². The topological polar surface area (TPSA) is 0 Å². The summed E-state index contributed by atoms with van der Waals surface area (Å²) in [5, 5.41) is 0. The molecular weight excluding hydrogens is 360 g/mol. The minimum atomic E-state index is 0.530. The maximum atomic E-state index is 2.81. The Hall–Kier alpha value is 0. The third-order valence-electron chi connectivity index (χ3n) is 16.4. The van der Waals surface area contributed by atoms with E-state index in [9.17, 15) is 0 Å².